The molecule has 1 saturated heterocycles. The third-order valence-electron chi connectivity index (χ3n) is 21.5. The van der Waals surface area contributed by atoms with Crippen LogP contribution in [-0.2, 0) is 20.1 Å². The van der Waals surface area contributed by atoms with Gasteiger partial charge in [0.05, 0.1) is 0 Å². The van der Waals surface area contributed by atoms with Crippen molar-refractivity contribution in [1.82, 2.24) is 15.9 Å². The molecular weight excluding hydrogens is 1190 g/mol. The molecule has 0 amide bonds. The van der Waals surface area contributed by atoms with Gasteiger partial charge in [-0.1, -0.05) is 130 Å². The van der Waals surface area contributed by atoms with Crippen molar-refractivity contribution in [2.45, 2.75) is 360 Å². The van der Waals surface area contributed by atoms with Crippen molar-refractivity contribution in [2.75, 3.05) is 0 Å². The van der Waals surface area contributed by atoms with Gasteiger partial charge in [0.2, 0.25) is 0 Å². The summed E-state index contributed by atoms with van der Waals surface area (Å²) in [6.45, 7) is 18.0. The van der Waals surface area contributed by atoms with Crippen LogP contribution < -0.4 is 10.9 Å². The van der Waals surface area contributed by atoms with Gasteiger partial charge in [-0.05, 0) is 0 Å². The average molecular weight is 1310 g/mol. The molecule has 3 aromatic carbocycles. The summed E-state index contributed by atoms with van der Waals surface area (Å²) in [6, 6.07) is 10.2. The Hall–Kier alpha value is -2.13. The molecule has 0 unspecified atom stereocenters. The molecule has 0 saturated carbocycles. The molecule has 0 atom stereocenters. The van der Waals surface area contributed by atoms with E-state index in [4.69, 9.17) is 25.2 Å². The van der Waals surface area contributed by atoms with Gasteiger partial charge in [-0.25, -0.2) is 0 Å². The number of aromatic nitrogens is 4. The van der Waals surface area contributed by atoms with Crippen LogP contribution in [0.5, 0.6) is 0 Å². The zero-order chi connectivity index (χ0) is 60.8. The molecule has 0 bridgehead atoms. The van der Waals surface area contributed by atoms with E-state index in [1.165, 1.54) is 288 Å². The molecule has 12 heteroatoms. The fourth-order valence-corrected chi connectivity index (χ4v) is 18.1. The number of hydrogen-bond donors (Lipinski definition) is 2. The summed E-state index contributed by atoms with van der Waals surface area (Å²) in [5.41, 5.74) is 14.6. The van der Waals surface area contributed by atoms with Crippen molar-refractivity contribution in [2.24, 2.45) is 0 Å². The van der Waals surface area contributed by atoms with Crippen LogP contribution in [0.25, 0.3) is 44.3 Å². The van der Waals surface area contributed by atoms with Crippen LogP contribution in [0.4, 0.5) is 0 Å². The molecule has 86 heavy (non-hydrogen) atoms. The summed E-state index contributed by atoms with van der Waals surface area (Å²) >= 11 is -0.622. The van der Waals surface area contributed by atoms with Gasteiger partial charge >= 0.3 is 411 Å². The number of nitrogens with zero attached hydrogens (tertiary/aromatic N) is 4. The van der Waals surface area contributed by atoms with Crippen molar-refractivity contribution >= 4 is 77.2 Å². The van der Waals surface area contributed by atoms with Crippen LogP contribution in [0.1, 0.15) is 360 Å². The zero-order valence-electron chi connectivity index (χ0n) is 55.9. The topological polar surface area (TPSA) is 110 Å². The predicted molar refractivity (Wildman–Crippen MR) is 370 cm³/mol. The van der Waals surface area contributed by atoms with Crippen molar-refractivity contribution in [3.05, 3.63) is 46.5 Å². The number of benzene rings is 3. The van der Waals surface area contributed by atoms with Crippen molar-refractivity contribution in [1.29, 1.82) is 0 Å². The first kappa shape index (κ1) is 69.8. The maximum absolute atomic E-state index is 11.3. The van der Waals surface area contributed by atoms with Gasteiger partial charge in [-0.15, -0.1) is 0 Å². The van der Waals surface area contributed by atoms with E-state index in [1.54, 1.807) is 0 Å². The maximum atomic E-state index is 11.3. The normalized spacial score (nSPS) is 16.0. The molecule has 8 nitrogen and oxygen atoms in total. The number of fused-ring (bicyclic) bond motifs is 10. The molecule has 2 aromatic heterocycles. The predicted octanol–water partition coefficient (Wildman–Crippen LogP) is 19.4. The fraction of sp³-hybridized carbons (Fsp3) is 0.757. The van der Waals surface area contributed by atoms with Crippen LogP contribution in [0.3, 0.4) is 0 Å². The second-order valence-electron chi connectivity index (χ2n) is 28.5. The monoisotopic (exact) mass is 1310 g/mol. The summed E-state index contributed by atoms with van der Waals surface area (Å²) in [5.74, 6) is 0. The van der Waals surface area contributed by atoms with Crippen molar-refractivity contribution < 1.29 is 19.4 Å². The standard InChI is InChI=1S/C74H118B2N4O4Se2/c1-9-13-17-21-25-29-33-37-41-45-49-73(50-46-42-38-34-30-26-22-18-14-10-2)59-54-58-60(53-57(59)65-61(73)55-63(75(81)82)67-69(65)79-85-77-67)74(51-47-43-39-35-31-27-23-19-15-11-3,52-48-44-40-36-32-28-24-20-16-12-4)62-56-64(68-70(66(58)62)80-86-78-68)76-83-71(5,6)72(7,8)84-76/h53-56,81-82H,9-52H2,1-8H3. The molecule has 3 aliphatic rings. The molecule has 5 aromatic rings. The molecule has 476 valence electrons. The minimum atomic E-state index is -1.61. The van der Waals surface area contributed by atoms with E-state index >= 15 is 0 Å². The van der Waals surface area contributed by atoms with Crippen LogP contribution in [-0.4, -0.2) is 81.3 Å². The van der Waals surface area contributed by atoms with Gasteiger partial charge < -0.3 is 0 Å². The Morgan fingerprint density at radius 2 is 0.640 bits per heavy atom. The summed E-state index contributed by atoms with van der Waals surface area (Å²) < 4.78 is 35.2. The van der Waals surface area contributed by atoms with Crippen molar-refractivity contribution in [3.63, 3.8) is 0 Å². The molecule has 1 fully saturated rings. The Morgan fingerprint density at radius 1 is 0.360 bits per heavy atom. The van der Waals surface area contributed by atoms with E-state index in [0.29, 0.717) is 11.0 Å². The quantitative estimate of drug-likeness (QED) is 0.0293. The van der Waals surface area contributed by atoms with E-state index in [1.807, 2.05) is 0 Å². The molecule has 1 aliphatic heterocycles. The second kappa shape index (κ2) is 35.1. The molecule has 2 N–H and O–H groups in total. The van der Waals surface area contributed by atoms with Crippen LogP contribution in [0, 0.1) is 0 Å². The van der Waals surface area contributed by atoms with Crippen LogP contribution in [0.15, 0.2) is 24.3 Å². The first-order chi connectivity index (χ1) is 41.9. The van der Waals surface area contributed by atoms with E-state index in [2.05, 4.69) is 79.7 Å². The Labute approximate surface area is 537 Å². The van der Waals surface area contributed by atoms with Gasteiger partial charge in [0.25, 0.3) is 0 Å². The SMILES string of the molecule is CCCCCCCCCCCCC1(CCCCCCCCCCCC)c2cc3c(cc2-c2c1cc(B(O)O)c1n[se]nc21)C(CCCCCCCCCCCC)(CCCCCCCCCCCC)c1cc(B2OC(C)(C)C(C)(C)O2)c2n[se]nc2c1-3. The Kier molecular flexibility index (Phi) is 28.4. The molecule has 8 rings (SSSR count). The second-order valence-corrected chi connectivity index (χ2v) is 30.7. The molecule has 0 spiro atoms. The zero-order valence-corrected chi connectivity index (χ0v) is 59.3. The number of hydrogen-bond acceptors (Lipinski definition) is 8. The van der Waals surface area contributed by atoms with Gasteiger partial charge in [0, 0.05) is 0 Å². The van der Waals surface area contributed by atoms with Crippen LogP contribution in [0.2, 0.25) is 0 Å². The van der Waals surface area contributed by atoms with E-state index in [9.17, 15) is 10.0 Å². The Bertz CT molecular complexity index is 2740. The van der Waals surface area contributed by atoms with E-state index in [0.717, 1.165) is 60.5 Å². The van der Waals surface area contributed by atoms with Gasteiger partial charge in [0.15, 0.2) is 0 Å². The molecular formula is C74H118B2N4O4Se2. The van der Waals surface area contributed by atoms with Gasteiger partial charge in [-0.3, -0.25) is 0 Å². The Morgan fingerprint density at radius 3 is 0.965 bits per heavy atom. The molecule has 2 aliphatic carbocycles. The summed E-state index contributed by atoms with van der Waals surface area (Å²) in [6.07, 6.45) is 56.6. The van der Waals surface area contributed by atoms with Crippen LogP contribution >= 0.6 is 0 Å². The van der Waals surface area contributed by atoms with Crippen molar-refractivity contribution in [3.8, 4) is 22.3 Å². The first-order valence-electron chi connectivity index (χ1n) is 36.4. The van der Waals surface area contributed by atoms with Gasteiger partial charge in [0.1, 0.15) is 0 Å². The summed E-state index contributed by atoms with van der Waals surface area (Å²) in [5, 5.41) is 22.6. The summed E-state index contributed by atoms with van der Waals surface area (Å²) in [7, 11) is -2.14. The minimum absolute atomic E-state index is 0.243. The fourth-order valence-electron chi connectivity index (χ4n) is 15.7. The summed E-state index contributed by atoms with van der Waals surface area (Å²) in [4.78, 5) is 0. The number of rotatable bonds is 46. The molecule has 0 radical (unpaired) electrons. The first-order valence-corrected chi connectivity index (χ1v) is 39.5. The van der Waals surface area contributed by atoms with E-state index in [-0.39, 0.29) is 40.8 Å². The third kappa shape index (κ3) is 17.1. The number of unbranched alkanes of at least 4 members (excludes halogenated alkanes) is 36. The third-order valence-corrected chi connectivity index (χ3v) is 23.7. The van der Waals surface area contributed by atoms with E-state index < -0.39 is 25.4 Å². The Balaban J connectivity index is 1.24. The molecule has 3 heterocycles. The average Bonchev–Trinajstić information content (AvgIpc) is 1.53. The van der Waals surface area contributed by atoms with Gasteiger partial charge in [-0.2, -0.15) is 0 Å².